The summed E-state index contributed by atoms with van der Waals surface area (Å²) >= 11 is 5.62. The van der Waals surface area contributed by atoms with Gasteiger partial charge >= 0.3 is 12.1 Å². The zero-order valence-corrected chi connectivity index (χ0v) is 17.7. The first-order valence-electron chi connectivity index (χ1n) is 9.70. The van der Waals surface area contributed by atoms with Crippen molar-refractivity contribution in [3.05, 3.63) is 65.2 Å². The number of carbonyl (C=O) groups excluding carboxylic acids is 1. The molecule has 1 aromatic carbocycles. The van der Waals surface area contributed by atoms with Gasteiger partial charge in [0.2, 0.25) is 6.10 Å². The fourth-order valence-electron chi connectivity index (χ4n) is 3.42. The minimum Gasteiger partial charge on any atom is -0.478 e. The number of ether oxygens (including phenoxy) is 2. The van der Waals surface area contributed by atoms with Crippen molar-refractivity contribution in [1.82, 2.24) is 0 Å². The summed E-state index contributed by atoms with van der Waals surface area (Å²) in [5.41, 5.74) is -2.62. The number of hydrogen-bond donors (Lipinski definition) is 0. The summed E-state index contributed by atoms with van der Waals surface area (Å²) in [7, 11) is 0. The molecule has 1 aromatic rings. The molecule has 164 valence electrons. The Bertz CT molecular complexity index is 972. The average Bonchev–Trinajstić information content (AvgIpc) is 3.54. The minimum absolute atomic E-state index is 0.233. The van der Waals surface area contributed by atoms with Crippen LogP contribution in [-0.4, -0.2) is 23.9 Å². The first-order chi connectivity index (χ1) is 14.5. The van der Waals surface area contributed by atoms with Crippen molar-refractivity contribution < 1.29 is 27.4 Å². The number of esters is 1. The van der Waals surface area contributed by atoms with Crippen LogP contribution in [0.25, 0.3) is 0 Å². The molecule has 1 fully saturated rings. The van der Waals surface area contributed by atoms with Gasteiger partial charge in [-0.1, -0.05) is 55.8 Å². The van der Waals surface area contributed by atoms with E-state index in [-0.39, 0.29) is 5.92 Å². The monoisotopic (exact) mass is 451 g/mol. The SMILES string of the molecule is CC1(C)C(C(C#N)OC(=O)C2CC2)=CC=CC1(C=C(Cl)C(F)(F)F)Oc1ccccc1. The number of halogens is 4. The predicted molar refractivity (Wildman–Crippen MR) is 109 cm³/mol. The van der Waals surface area contributed by atoms with Crippen molar-refractivity contribution in [2.45, 2.75) is 44.6 Å². The van der Waals surface area contributed by atoms with Crippen molar-refractivity contribution in [3.8, 4) is 11.8 Å². The summed E-state index contributed by atoms with van der Waals surface area (Å²) in [5, 5.41) is 8.32. The smallest absolute Gasteiger partial charge is 0.426 e. The van der Waals surface area contributed by atoms with Crippen LogP contribution in [0.5, 0.6) is 5.75 Å². The lowest BCUT2D eigenvalue weighted by Gasteiger charge is -2.47. The average molecular weight is 452 g/mol. The molecule has 2 aliphatic carbocycles. The van der Waals surface area contributed by atoms with E-state index in [0.717, 1.165) is 6.08 Å². The van der Waals surface area contributed by atoms with Crippen LogP contribution in [0.4, 0.5) is 13.2 Å². The van der Waals surface area contributed by atoms with Crippen LogP contribution >= 0.6 is 11.6 Å². The Morgan fingerprint density at radius 3 is 2.48 bits per heavy atom. The van der Waals surface area contributed by atoms with Gasteiger partial charge in [0.1, 0.15) is 16.9 Å². The van der Waals surface area contributed by atoms with E-state index in [9.17, 15) is 23.2 Å². The van der Waals surface area contributed by atoms with Crippen LogP contribution in [0.3, 0.4) is 0 Å². The first-order valence-corrected chi connectivity index (χ1v) is 10.1. The van der Waals surface area contributed by atoms with E-state index >= 15 is 0 Å². The quantitative estimate of drug-likeness (QED) is 0.508. The molecule has 0 heterocycles. The molecule has 0 saturated heterocycles. The normalized spacial score (nSPS) is 24.0. The van der Waals surface area contributed by atoms with E-state index in [1.165, 1.54) is 12.2 Å². The molecule has 2 atom stereocenters. The minimum atomic E-state index is -4.78. The fourth-order valence-corrected chi connectivity index (χ4v) is 3.58. The maximum absolute atomic E-state index is 13.3. The lowest BCUT2D eigenvalue weighted by atomic mass is 9.65. The number of alkyl halides is 3. The molecule has 0 radical (unpaired) electrons. The summed E-state index contributed by atoms with van der Waals surface area (Å²) in [6, 6.07) is 10.3. The van der Waals surface area contributed by atoms with Gasteiger partial charge in [-0.15, -0.1) is 0 Å². The summed E-state index contributed by atoms with van der Waals surface area (Å²) in [6.45, 7) is 3.25. The predicted octanol–water partition coefficient (Wildman–Crippen LogP) is 5.86. The van der Waals surface area contributed by atoms with Gasteiger partial charge in [0.15, 0.2) is 5.60 Å². The molecule has 3 rings (SSSR count). The summed E-state index contributed by atoms with van der Waals surface area (Å²) in [5.74, 6) is -0.410. The maximum atomic E-state index is 13.3. The molecule has 0 bridgehead atoms. The lowest BCUT2D eigenvalue weighted by Crippen LogP contribution is -2.51. The zero-order valence-electron chi connectivity index (χ0n) is 16.9. The van der Waals surface area contributed by atoms with Crippen molar-refractivity contribution >= 4 is 17.6 Å². The number of allylic oxidation sites excluding steroid dienone is 3. The molecule has 2 unspecified atom stereocenters. The van der Waals surface area contributed by atoms with Crippen LogP contribution in [-0.2, 0) is 9.53 Å². The Hall–Kier alpha value is -2.72. The van der Waals surface area contributed by atoms with Crippen LogP contribution in [0.2, 0.25) is 0 Å². The Morgan fingerprint density at radius 1 is 1.29 bits per heavy atom. The highest BCUT2D eigenvalue weighted by Crippen LogP contribution is 2.49. The first kappa shape index (κ1) is 23.0. The molecule has 4 nitrogen and oxygen atoms in total. The fraction of sp³-hybridized carbons (Fsp3) is 0.391. The largest absolute Gasteiger partial charge is 0.478 e. The summed E-state index contributed by atoms with van der Waals surface area (Å²) in [4.78, 5) is 12.2. The van der Waals surface area contributed by atoms with E-state index in [1.807, 2.05) is 6.07 Å². The maximum Gasteiger partial charge on any atom is 0.426 e. The topological polar surface area (TPSA) is 59.3 Å². The van der Waals surface area contributed by atoms with E-state index in [4.69, 9.17) is 21.1 Å². The van der Waals surface area contributed by atoms with E-state index < -0.39 is 34.3 Å². The molecule has 0 aromatic heterocycles. The van der Waals surface area contributed by atoms with Crippen LogP contribution in [0.1, 0.15) is 26.7 Å². The van der Waals surface area contributed by atoms with Crippen LogP contribution in [0, 0.1) is 22.7 Å². The molecular weight excluding hydrogens is 431 g/mol. The molecule has 0 N–H and O–H groups in total. The van der Waals surface area contributed by atoms with Gasteiger partial charge in [-0.05, 0) is 42.7 Å². The number of para-hydroxylation sites is 1. The van der Waals surface area contributed by atoms with Crippen molar-refractivity contribution in [2.24, 2.45) is 11.3 Å². The third-order valence-electron chi connectivity index (χ3n) is 5.50. The highest BCUT2D eigenvalue weighted by Gasteiger charge is 2.52. The third-order valence-corrected chi connectivity index (χ3v) is 5.83. The van der Waals surface area contributed by atoms with Gasteiger partial charge in [-0.25, -0.2) is 0 Å². The number of nitriles is 1. The third kappa shape index (κ3) is 4.80. The van der Waals surface area contributed by atoms with E-state index in [0.29, 0.717) is 24.2 Å². The Kier molecular flexibility index (Phi) is 6.24. The Morgan fingerprint density at radius 2 is 1.94 bits per heavy atom. The molecule has 0 amide bonds. The Balaban J connectivity index is 2.06. The van der Waals surface area contributed by atoms with Gasteiger partial charge in [-0.3, -0.25) is 4.79 Å². The van der Waals surface area contributed by atoms with Crippen LogP contribution in [0.15, 0.2) is 65.2 Å². The second-order valence-electron chi connectivity index (χ2n) is 8.02. The number of carbonyl (C=O) groups is 1. The van der Waals surface area contributed by atoms with Gasteiger partial charge in [0.05, 0.1) is 5.92 Å². The molecule has 0 aliphatic heterocycles. The highest BCUT2D eigenvalue weighted by atomic mass is 35.5. The van der Waals surface area contributed by atoms with Gasteiger partial charge in [0, 0.05) is 5.41 Å². The van der Waals surface area contributed by atoms with E-state index in [1.54, 1.807) is 50.3 Å². The van der Waals surface area contributed by atoms with E-state index in [2.05, 4.69) is 0 Å². The summed E-state index contributed by atoms with van der Waals surface area (Å²) in [6.07, 6.45) is 0.634. The molecule has 2 aliphatic rings. The lowest BCUT2D eigenvalue weighted by molar-refractivity contribution is -0.147. The number of nitrogens with zero attached hydrogens (tertiary/aromatic N) is 1. The number of rotatable bonds is 6. The van der Waals surface area contributed by atoms with Gasteiger partial charge in [-0.2, -0.15) is 18.4 Å². The number of benzene rings is 1. The van der Waals surface area contributed by atoms with Crippen molar-refractivity contribution in [1.29, 1.82) is 5.26 Å². The zero-order chi connectivity index (χ0) is 22.9. The molecular formula is C23H21ClF3NO3. The van der Waals surface area contributed by atoms with Crippen molar-refractivity contribution in [3.63, 3.8) is 0 Å². The standard InChI is InChI=1S/C23H21ClF3NO3/c1-21(2)17(18(14-28)30-20(29)15-10-11-15)9-6-12-22(21,13-19(24)23(25,26)27)31-16-7-4-3-5-8-16/h3-9,12-13,15,18H,10-11H2,1-2H3. The molecule has 0 spiro atoms. The number of hydrogen-bond acceptors (Lipinski definition) is 4. The Labute approximate surface area is 183 Å². The molecule has 8 heteroatoms. The molecule has 31 heavy (non-hydrogen) atoms. The second-order valence-corrected chi connectivity index (χ2v) is 8.43. The van der Waals surface area contributed by atoms with Crippen molar-refractivity contribution in [2.75, 3.05) is 0 Å². The van der Waals surface area contributed by atoms with Gasteiger partial charge in [0.25, 0.3) is 0 Å². The van der Waals surface area contributed by atoms with Gasteiger partial charge < -0.3 is 9.47 Å². The summed E-state index contributed by atoms with van der Waals surface area (Å²) < 4.78 is 51.5. The second kappa shape index (κ2) is 8.43. The molecule has 1 saturated carbocycles. The highest BCUT2D eigenvalue weighted by molar-refractivity contribution is 6.30. The van der Waals surface area contributed by atoms with Crippen LogP contribution < -0.4 is 4.74 Å².